The van der Waals surface area contributed by atoms with Gasteiger partial charge in [0.05, 0.1) is 22.8 Å². The van der Waals surface area contributed by atoms with Crippen LogP contribution >= 0.6 is 36.2 Å². The van der Waals surface area contributed by atoms with Crippen LogP contribution < -0.4 is 11.1 Å². The van der Waals surface area contributed by atoms with E-state index in [1.807, 2.05) is 29.5 Å². The second kappa shape index (κ2) is 9.70. The first-order valence-corrected chi connectivity index (χ1v) is 12.4. The topological polar surface area (TPSA) is 80.5 Å². The SMILES string of the molecule is Cl.Cl.Nc1cccc(-c2cc3c(s2)CCOC32CCN(C(=O)[C@@H]3C[C@H]4CCNC[C@H]43)CC2)n1. The molecule has 1 saturated carbocycles. The zero-order valence-corrected chi connectivity index (χ0v) is 21.1. The Bertz CT molecular complexity index is 1010. The molecule has 1 amide bonds. The van der Waals surface area contributed by atoms with Gasteiger partial charge in [-0.3, -0.25) is 4.79 Å². The van der Waals surface area contributed by atoms with E-state index in [1.54, 1.807) is 0 Å². The molecule has 3 aliphatic heterocycles. The average Bonchev–Trinajstić information content (AvgIpc) is 3.21. The fraction of sp³-hybridized carbons (Fsp3) is 0.583. The van der Waals surface area contributed by atoms with Crippen LogP contribution in [0, 0.1) is 17.8 Å². The van der Waals surface area contributed by atoms with Crippen molar-refractivity contribution in [1.82, 2.24) is 15.2 Å². The number of nitrogens with two attached hydrogens (primary N) is 1. The maximum Gasteiger partial charge on any atom is 0.226 e. The summed E-state index contributed by atoms with van der Waals surface area (Å²) in [4.78, 5) is 22.4. The molecule has 0 aromatic carbocycles. The van der Waals surface area contributed by atoms with Crippen LogP contribution in [0.15, 0.2) is 24.3 Å². The zero-order valence-electron chi connectivity index (χ0n) is 18.6. The summed E-state index contributed by atoms with van der Waals surface area (Å²) in [7, 11) is 0. The van der Waals surface area contributed by atoms with Crippen LogP contribution in [0.1, 0.15) is 36.1 Å². The summed E-state index contributed by atoms with van der Waals surface area (Å²) in [6, 6.07) is 8.07. The van der Waals surface area contributed by atoms with E-state index in [2.05, 4.69) is 21.3 Å². The fourth-order valence-electron chi connectivity index (χ4n) is 6.16. The first kappa shape index (κ1) is 24.7. The number of thiophene rings is 1. The predicted molar refractivity (Wildman–Crippen MR) is 136 cm³/mol. The number of fused-ring (bicyclic) bond motifs is 3. The number of pyridine rings is 1. The Hall–Kier alpha value is -1.38. The van der Waals surface area contributed by atoms with Crippen molar-refractivity contribution in [3.05, 3.63) is 34.7 Å². The minimum atomic E-state index is -0.256. The number of nitrogens with one attached hydrogen (secondary N) is 1. The van der Waals surface area contributed by atoms with Gasteiger partial charge >= 0.3 is 0 Å². The van der Waals surface area contributed by atoms with Crippen molar-refractivity contribution in [2.24, 2.45) is 17.8 Å². The molecule has 3 N–H and O–H groups in total. The number of amides is 1. The van der Waals surface area contributed by atoms with Gasteiger partial charge in [0.25, 0.3) is 0 Å². The van der Waals surface area contributed by atoms with Gasteiger partial charge < -0.3 is 20.7 Å². The van der Waals surface area contributed by atoms with Crippen molar-refractivity contribution in [2.45, 2.75) is 37.7 Å². The van der Waals surface area contributed by atoms with Crippen LogP contribution in [0.5, 0.6) is 0 Å². The molecule has 1 spiro atoms. The van der Waals surface area contributed by atoms with E-state index in [4.69, 9.17) is 10.5 Å². The zero-order chi connectivity index (χ0) is 21.0. The van der Waals surface area contributed by atoms with Gasteiger partial charge in [0, 0.05) is 30.3 Å². The van der Waals surface area contributed by atoms with Crippen LogP contribution in [0.25, 0.3) is 10.6 Å². The standard InChI is InChI=1S/C24H30N4O2S.2ClH/c25-22-3-1-2-19(27-22)21-13-18-20(31-21)5-11-30-24(18)6-9-28(10-7-24)23(29)16-12-15-4-8-26-14-17(15)16;;/h1-3,13,15-17,26H,4-12,14H2,(H2,25,27);2*1H/t15-,16-,17-;;/m1../s1. The van der Waals surface area contributed by atoms with Crippen molar-refractivity contribution in [1.29, 1.82) is 0 Å². The number of hydrogen-bond acceptors (Lipinski definition) is 6. The van der Waals surface area contributed by atoms with Crippen LogP contribution in [0.3, 0.4) is 0 Å². The van der Waals surface area contributed by atoms with Crippen molar-refractivity contribution in [2.75, 3.05) is 38.5 Å². The molecule has 3 fully saturated rings. The lowest BCUT2D eigenvalue weighted by Crippen LogP contribution is -2.56. The van der Waals surface area contributed by atoms with Gasteiger partial charge in [-0.15, -0.1) is 36.2 Å². The van der Waals surface area contributed by atoms with Gasteiger partial charge in [0.2, 0.25) is 5.91 Å². The van der Waals surface area contributed by atoms with E-state index < -0.39 is 0 Å². The van der Waals surface area contributed by atoms with Crippen molar-refractivity contribution in [3.8, 4) is 10.6 Å². The molecule has 6 rings (SSSR count). The summed E-state index contributed by atoms with van der Waals surface area (Å²) in [5.41, 5.74) is 7.90. The first-order chi connectivity index (χ1) is 15.1. The number of carbonyl (C=O) groups is 1. The Morgan fingerprint density at radius 2 is 2.09 bits per heavy atom. The van der Waals surface area contributed by atoms with E-state index in [0.717, 1.165) is 75.0 Å². The van der Waals surface area contributed by atoms with Crippen LogP contribution in [-0.4, -0.2) is 48.6 Å². The molecule has 3 atom stereocenters. The molecule has 33 heavy (non-hydrogen) atoms. The molecule has 0 radical (unpaired) electrons. The highest BCUT2D eigenvalue weighted by Crippen LogP contribution is 2.48. The van der Waals surface area contributed by atoms with E-state index in [9.17, 15) is 4.79 Å². The smallest absolute Gasteiger partial charge is 0.226 e. The Kier molecular flexibility index (Phi) is 7.27. The number of nitrogens with zero attached hydrogens (tertiary/aromatic N) is 2. The number of rotatable bonds is 2. The summed E-state index contributed by atoms with van der Waals surface area (Å²) in [5.74, 6) is 2.48. The maximum absolute atomic E-state index is 13.2. The molecule has 9 heteroatoms. The third-order valence-corrected chi connectivity index (χ3v) is 9.20. The van der Waals surface area contributed by atoms with E-state index >= 15 is 0 Å². The Balaban J connectivity index is 0.00000130. The third-order valence-electron chi connectivity index (χ3n) is 7.98. The van der Waals surface area contributed by atoms with Gasteiger partial charge in [0.15, 0.2) is 0 Å². The second-order valence-corrected chi connectivity index (χ2v) is 10.7. The van der Waals surface area contributed by atoms with Gasteiger partial charge in [-0.05, 0) is 74.4 Å². The summed E-state index contributed by atoms with van der Waals surface area (Å²) in [6.45, 7) is 4.47. The number of ether oxygens (including phenoxy) is 1. The number of piperidine rings is 2. The van der Waals surface area contributed by atoms with Crippen LogP contribution in [0.2, 0.25) is 0 Å². The average molecular weight is 512 g/mol. The van der Waals surface area contributed by atoms with Gasteiger partial charge in [-0.1, -0.05) is 6.07 Å². The van der Waals surface area contributed by atoms with Crippen LogP contribution in [0.4, 0.5) is 5.82 Å². The number of aromatic nitrogens is 1. The third kappa shape index (κ3) is 4.27. The lowest BCUT2D eigenvalue weighted by molar-refractivity contribution is -0.153. The van der Waals surface area contributed by atoms with Crippen LogP contribution in [-0.2, 0) is 21.6 Å². The molecule has 1 aliphatic carbocycles. The number of hydrogen-bond donors (Lipinski definition) is 2. The number of carbonyl (C=O) groups excluding carboxylic acids is 1. The molecule has 2 saturated heterocycles. The van der Waals surface area contributed by atoms with Crippen molar-refractivity contribution >= 4 is 47.9 Å². The molecule has 180 valence electrons. The normalized spacial score (nSPS) is 27.4. The van der Waals surface area contributed by atoms with Gasteiger partial charge in [-0.2, -0.15) is 0 Å². The summed E-state index contributed by atoms with van der Waals surface area (Å²) >= 11 is 1.82. The molecular formula is C24H32Cl2N4O2S. The molecule has 0 bridgehead atoms. The Morgan fingerprint density at radius 1 is 1.27 bits per heavy atom. The predicted octanol–water partition coefficient (Wildman–Crippen LogP) is 3.87. The molecule has 2 aromatic heterocycles. The van der Waals surface area contributed by atoms with E-state index in [1.165, 1.54) is 16.9 Å². The number of nitrogen functional groups attached to an aromatic ring is 1. The highest BCUT2D eigenvalue weighted by molar-refractivity contribution is 7.15. The monoisotopic (exact) mass is 510 g/mol. The number of anilines is 1. The maximum atomic E-state index is 13.2. The minimum Gasteiger partial charge on any atom is -0.384 e. The van der Waals surface area contributed by atoms with Gasteiger partial charge in [-0.25, -0.2) is 4.98 Å². The minimum absolute atomic E-state index is 0. The molecule has 6 nitrogen and oxygen atoms in total. The molecule has 0 unspecified atom stereocenters. The largest absolute Gasteiger partial charge is 0.384 e. The molecular weight excluding hydrogens is 479 g/mol. The highest BCUT2D eigenvalue weighted by atomic mass is 35.5. The second-order valence-electron chi connectivity index (χ2n) is 9.57. The number of halogens is 2. The van der Waals surface area contributed by atoms with Crippen molar-refractivity contribution < 1.29 is 9.53 Å². The van der Waals surface area contributed by atoms with E-state index in [-0.39, 0.29) is 36.3 Å². The molecule has 5 heterocycles. The summed E-state index contributed by atoms with van der Waals surface area (Å²) in [6.07, 6.45) is 5.03. The Labute approximate surface area is 211 Å². The fourth-order valence-corrected chi connectivity index (χ4v) is 7.36. The summed E-state index contributed by atoms with van der Waals surface area (Å²) in [5, 5.41) is 3.48. The highest BCUT2D eigenvalue weighted by Gasteiger charge is 2.49. The number of likely N-dealkylation sites (tertiary alicyclic amines) is 1. The molecule has 2 aromatic rings. The Morgan fingerprint density at radius 3 is 2.85 bits per heavy atom. The lowest BCUT2D eigenvalue weighted by Gasteiger charge is -2.50. The lowest BCUT2D eigenvalue weighted by atomic mass is 9.61. The van der Waals surface area contributed by atoms with E-state index in [0.29, 0.717) is 17.6 Å². The van der Waals surface area contributed by atoms with Gasteiger partial charge in [0.1, 0.15) is 5.82 Å². The molecule has 4 aliphatic rings. The van der Waals surface area contributed by atoms with Crippen molar-refractivity contribution in [3.63, 3.8) is 0 Å². The quantitative estimate of drug-likeness (QED) is 0.640. The summed E-state index contributed by atoms with van der Waals surface area (Å²) < 4.78 is 6.43. The first-order valence-electron chi connectivity index (χ1n) is 11.6.